The molecule has 16 heavy (non-hydrogen) atoms. The Labute approximate surface area is 111 Å². The summed E-state index contributed by atoms with van der Waals surface area (Å²) in [6, 6.07) is 9.97. The summed E-state index contributed by atoms with van der Waals surface area (Å²) in [6.45, 7) is 2.28. The van der Waals surface area contributed by atoms with E-state index in [1.807, 2.05) is 41.1 Å². The van der Waals surface area contributed by atoms with Crippen molar-refractivity contribution in [3.8, 4) is 0 Å². The molecule has 84 valence electrons. The molecule has 1 heterocycles. The zero-order valence-corrected chi connectivity index (χ0v) is 11.1. The number of nitrogens with two attached hydrogens (primary N) is 1. The van der Waals surface area contributed by atoms with E-state index in [-0.39, 0.29) is 36.4 Å². The molecule has 2 N–H and O–H groups in total. The number of primary amides is 1. The molecular formula is C12H13IN2O. The van der Waals surface area contributed by atoms with Crippen LogP contribution >= 0.6 is 0 Å². The van der Waals surface area contributed by atoms with Gasteiger partial charge in [-0.15, -0.1) is 0 Å². The Kier molecular flexibility index (Phi) is 4.23. The summed E-state index contributed by atoms with van der Waals surface area (Å²) >= 11 is 0. The van der Waals surface area contributed by atoms with Crippen molar-refractivity contribution in [3.63, 3.8) is 0 Å². The van der Waals surface area contributed by atoms with Crippen molar-refractivity contribution in [2.75, 3.05) is 0 Å². The second kappa shape index (κ2) is 5.25. The third-order valence-corrected chi connectivity index (χ3v) is 2.47. The zero-order chi connectivity index (χ0) is 10.8. The number of halogens is 1. The largest absolute Gasteiger partial charge is 1.00 e. The van der Waals surface area contributed by atoms with Crippen molar-refractivity contribution in [2.24, 2.45) is 5.73 Å². The summed E-state index contributed by atoms with van der Waals surface area (Å²) in [5, 5.41) is 1.15. The Hall–Kier alpha value is -1.17. The highest BCUT2D eigenvalue weighted by molar-refractivity contribution is 5.79. The number of para-hydroxylation sites is 1. The minimum atomic E-state index is -0.325. The van der Waals surface area contributed by atoms with Gasteiger partial charge in [0.15, 0.2) is 6.20 Å². The Morgan fingerprint density at radius 2 is 2.00 bits per heavy atom. The smallest absolute Gasteiger partial charge is 0.283 e. The van der Waals surface area contributed by atoms with Crippen LogP contribution in [0.25, 0.3) is 10.9 Å². The summed E-state index contributed by atoms with van der Waals surface area (Å²) in [7, 11) is 0. The summed E-state index contributed by atoms with van der Waals surface area (Å²) in [5.41, 5.74) is 7.43. The van der Waals surface area contributed by atoms with Gasteiger partial charge in [-0.2, -0.15) is 4.57 Å². The van der Waals surface area contributed by atoms with Gasteiger partial charge in [-0.3, -0.25) is 4.79 Å². The highest BCUT2D eigenvalue weighted by atomic mass is 127. The van der Waals surface area contributed by atoms with Gasteiger partial charge in [0.1, 0.15) is 0 Å². The molecule has 0 saturated carbocycles. The number of nitrogens with zero attached hydrogens (tertiary/aromatic N) is 1. The van der Waals surface area contributed by atoms with Gasteiger partial charge in [0.2, 0.25) is 12.1 Å². The molecule has 1 aromatic carbocycles. The Morgan fingerprint density at radius 3 is 2.69 bits per heavy atom. The van der Waals surface area contributed by atoms with Crippen LogP contribution in [0.15, 0.2) is 36.5 Å². The van der Waals surface area contributed by atoms with Crippen molar-refractivity contribution in [2.45, 2.75) is 13.5 Å². The first-order chi connectivity index (χ1) is 7.18. The van der Waals surface area contributed by atoms with Crippen LogP contribution in [0.2, 0.25) is 0 Å². The molecule has 4 heteroatoms. The highest BCUT2D eigenvalue weighted by Crippen LogP contribution is 2.13. The molecule has 0 atom stereocenters. The normalized spacial score (nSPS) is 9.81. The van der Waals surface area contributed by atoms with Gasteiger partial charge < -0.3 is 29.7 Å². The van der Waals surface area contributed by atoms with E-state index < -0.39 is 0 Å². The molecule has 0 aliphatic rings. The van der Waals surface area contributed by atoms with Gasteiger partial charge >= 0.3 is 0 Å². The van der Waals surface area contributed by atoms with Crippen LogP contribution < -0.4 is 34.3 Å². The second-order valence-corrected chi connectivity index (χ2v) is 3.61. The van der Waals surface area contributed by atoms with Crippen molar-refractivity contribution < 1.29 is 33.3 Å². The van der Waals surface area contributed by atoms with E-state index in [1.54, 1.807) is 0 Å². The predicted octanol–water partition coefficient (Wildman–Crippen LogP) is -2.07. The molecule has 0 spiro atoms. The molecular weight excluding hydrogens is 315 g/mol. The number of hydrogen-bond donors (Lipinski definition) is 1. The average Bonchev–Trinajstić information content (AvgIpc) is 2.22. The number of benzene rings is 1. The van der Waals surface area contributed by atoms with E-state index in [0.29, 0.717) is 0 Å². The van der Waals surface area contributed by atoms with Gasteiger partial charge in [0.05, 0.1) is 0 Å². The first kappa shape index (κ1) is 12.9. The zero-order valence-electron chi connectivity index (χ0n) is 8.98. The molecule has 0 unspecified atom stereocenters. The second-order valence-electron chi connectivity index (χ2n) is 3.61. The number of hydrogen-bond acceptors (Lipinski definition) is 1. The molecule has 1 aromatic heterocycles. The number of aromatic nitrogens is 1. The fourth-order valence-corrected chi connectivity index (χ4v) is 1.74. The van der Waals surface area contributed by atoms with Gasteiger partial charge in [-0.05, 0) is 18.6 Å². The summed E-state index contributed by atoms with van der Waals surface area (Å²) in [5.74, 6) is -0.325. The van der Waals surface area contributed by atoms with E-state index in [9.17, 15) is 4.79 Å². The number of aryl methyl sites for hydroxylation is 1. The SMILES string of the molecule is Cc1cc[n+](CC(N)=O)c2ccccc12.[I-]. The van der Waals surface area contributed by atoms with Gasteiger partial charge in [-0.1, -0.05) is 12.1 Å². The maximum absolute atomic E-state index is 10.9. The Bertz CT molecular complexity index is 525. The van der Waals surface area contributed by atoms with E-state index in [4.69, 9.17) is 5.73 Å². The quantitative estimate of drug-likeness (QED) is 0.500. The number of carbonyl (C=O) groups is 1. The Balaban J connectivity index is 0.00000128. The maximum atomic E-state index is 10.9. The minimum Gasteiger partial charge on any atom is -1.00 e. The monoisotopic (exact) mass is 328 g/mol. The molecule has 0 fully saturated rings. The first-order valence-corrected chi connectivity index (χ1v) is 4.84. The first-order valence-electron chi connectivity index (χ1n) is 4.84. The third-order valence-electron chi connectivity index (χ3n) is 2.47. The standard InChI is InChI=1S/C12H12N2O.HI/c1-9-6-7-14(8-12(13)15)11-5-3-2-4-10(9)11;/h2-7H,8H2,1H3,(H-,13,15);1H. The van der Waals surface area contributed by atoms with Crippen molar-refractivity contribution in [1.29, 1.82) is 0 Å². The molecule has 2 aromatic rings. The maximum Gasteiger partial charge on any atom is 0.283 e. The van der Waals surface area contributed by atoms with E-state index >= 15 is 0 Å². The fourth-order valence-electron chi connectivity index (χ4n) is 1.74. The van der Waals surface area contributed by atoms with E-state index in [0.717, 1.165) is 10.9 Å². The van der Waals surface area contributed by atoms with Crippen LogP contribution in [0.5, 0.6) is 0 Å². The topological polar surface area (TPSA) is 47.0 Å². The summed E-state index contributed by atoms with van der Waals surface area (Å²) in [4.78, 5) is 10.9. The molecule has 1 amide bonds. The number of pyridine rings is 1. The number of amides is 1. The highest BCUT2D eigenvalue weighted by Gasteiger charge is 2.11. The lowest BCUT2D eigenvalue weighted by Crippen LogP contribution is -3.00. The number of rotatable bonds is 2. The van der Waals surface area contributed by atoms with Crippen LogP contribution in [0.4, 0.5) is 0 Å². The van der Waals surface area contributed by atoms with Gasteiger partial charge in [-0.25, -0.2) is 0 Å². The van der Waals surface area contributed by atoms with Crippen LogP contribution in [0.1, 0.15) is 5.56 Å². The molecule has 3 nitrogen and oxygen atoms in total. The fraction of sp³-hybridized carbons (Fsp3) is 0.167. The number of carbonyl (C=O) groups excluding carboxylic acids is 1. The molecule has 2 rings (SSSR count). The minimum absolute atomic E-state index is 0. The Morgan fingerprint density at radius 1 is 1.31 bits per heavy atom. The van der Waals surface area contributed by atoms with Crippen LogP contribution in [0.3, 0.4) is 0 Å². The lowest BCUT2D eigenvalue weighted by Gasteiger charge is -2.01. The van der Waals surface area contributed by atoms with Crippen molar-refractivity contribution in [1.82, 2.24) is 0 Å². The lowest BCUT2D eigenvalue weighted by atomic mass is 10.1. The van der Waals surface area contributed by atoms with Gasteiger partial charge in [0.25, 0.3) is 5.91 Å². The molecule has 0 saturated heterocycles. The van der Waals surface area contributed by atoms with Crippen LogP contribution in [0, 0.1) is 6.92 Å². The summed E-state index contributed by atoms with van der Waals surface area (Å²) < 4.78 is 1.87. The van der Waals surface area contributed by atoms with Crippen LogP contribution in [-0.4, -0.2) is 5.91 Å². The van der Waals surface area contributed by atoms with E-state index in [2.05, 4.69) is 6.92 Å². The average molecular weight is 328 g/mol. The van der Waals surface area contributed by atoms with Gasteiger partial charge in [0, 0.05) is 17.5 Å². The van der Waals surface area contributed by atoms with Crippen LogP contribution in [-0.2, 0) is 11.3 Å². The van der Waals surface area contributed by atoms with E-state index in [1.165, 1.54) is 5.56 Å². The lowest BCUT2D eigenvalue weighted by molar-refractivity contribution is -0.658. The molecule has 0 aliphatic heterocycles. The van der Waals surface area contributed by atoms with Crippen molar-refractivity contribution in [3.05, 3.63) is 42.1 Å². The van der Waals surface area contributed by atoms with Crippen molar-refractivity contribution >= 4 is 16.8 Å². The molecule has 0 radical (unpaired) electrons. The summed E-state index contributed by atoms with van der Waals surface area (Å²) in [6.07, 6.45) is 1.89. The predicted molar refractivity (Wildman–Crippen MR) is 58.1 cm³/mol. The molecule has 0 aliphatic carbocycles. The molecule has 0 bridgehead atoms. The number of fused-ring (bicyclic) bond motifs is 1. The third kappa shape index (κ3) is 2.49.